The summed E-state index contributed by atoms with van der Waals surface area (Å²) in [6.07, 6.45) is 3.40. The van der Waals surface area contributed by atoms with Gasteiger partial charge in [0.1, 0.15) is 4.90 Å². The Bertz CT molecular complexity index is 799. The highest BCUT2D eigenvalue weighted by Crippen LogP contribution is 2.15. The second-order valence-electron chi connectivity index (χ2n) is 6.95. The van der Waals surface area contributed by atoms with Crippen LogP contribution in [0.4, 0.5) is 0 Å². The molecule has 7 heteroatoms. The first kappa shape index (κ1) is 21.6. The van der Waals surface area contributed by atoms with Gasteiger partial charge in [-0.2, -0.15) is 5.10 Å². The number of aryl methyl sites for hydroxylation is 1. The Morgan fingerprint density at radius 1 is 1.19 bits per heavy atom. The van der Waals surface area contributed by atoms with E-state index >= 15 is 0 Å². The fraction of sp³-hybridized carbons (Fsp3) is 0.550. The fourth-order valence-corrected chi connectivity index (χ4v) is 4.63. The largest absolute Gasteiger partial charge is 0.304 e. The van der Waals surface area contributed by atoms with Crippen molar-refractivity contribution >= 4 is 10.0 Å². The second kappa shape index (κ2) is 10.0. The van der Waals surface area contributed by atoms with Gasteiger partial charge in [-0.3, -0.25) is 4.68 Å². The van der Waals surface area contributed by atoms with Gasteiger partial charge in [0, 0.05) is 12.2 Å². The van der Waals surface area contributed by atoms with E-state index in [-0.39, 0.29) is 10.9 Å². The number of hydrogen-bond donors (Lipinski definition) is 1. The molecule has 0 fully saturated rings. The maximum atomic E-state index is 12.8. The summed E-state index contributed by atoms with van der Waals surface area (Å²) >= 11 is 0. The van der Waals surface area contributed by atoms with E-state index in [1.807, 2.05) is 37.3 Å². The van der Waals surface area contributed by atoms with E-state index in [1.54, 1.807) is 17.8 Å². The number of nitrogens with one attached hydrogen (secondary N) is 1. The van der Waals surface area contributed by atoms with Gasteiger partial charge < -0.3 is 4.90 Å². The molecular weight excluding hydrogens is 360 g/mol. The Morgan fingerprint density at radius 2 is 1.85 bits per heavy atom. The minimum absolute atomic E-state index is 0.109. The number of aromatic nitrogens is 2. The van der Waals surface area contributed by atoms with Crippen LogP contribution in [-0.2, 0) is 16.6 Å². The average molecular weight is 393 g/mol. The predicted molar refractivity (Wildman–Crippen MR) is 109 cm³/mol. The van der Waals surface area contributed by atoms with Crippen molar-refractivity contribution in [1.82, 2.24) is 19.4 Å². The van der Waals surface area contributed by atoms with E-state index in [0.717, 1.165) is 38.0 Å². The van der Waals surface area contributed by atoms with Crippen molar-refractivity contribution in [3.05, 3.63) is 47.8 Å². The van der Waals surface area contributed by atoms with Crippen molar-refractivity contribution in [3.8, 4) is 0 Å². The molecule has 150 valence electrons. The molecule has 27 heavy (non-hydrogen) atoms. The van der Waals surface area contributed by atoms with Crippen molar-refractivity contribution in [1.29, 1.82) is 0 Å². The fourth-order valence-electron chi connectivity index (χ4n) is 3.16. The summed E-state index contributed by atoms with van der Waals surface area (Å²) in [5.74, 6) is 0. The summed E-state index contributed by atoms with van der Waals surface area (Å²) in [7, 11) is -3.57. The molecule has 0 bridgehead atoms. The molecule has 1 aromatic carbocycles. The number of sulfonamides is 1. The predicted octanol–water partition coefficient (Wildman–Crippen LogP) is 3.03. The van der Waals surface area contributed by atoms with Crippen LogP contribution in [-0.4, -0.2) is 48.8 Å². The number of rotatable bonds is 11. The summed E-state index contributed by atoms with van der Waals surface area (Å²) in [5.41, 5.74) is 1.61. The van der Waals surface area contributed by atoms with E-state index in [4.69, 9.17) is 0 Å². The van der Waals surface area contributed by atoms with Crippen LogP contribution in [0.2, 0.25) is 0 Å². The van der Waals surface area contributed by atoms with Crippen LogP contribution in [0, 0.1) is 6.92 Å². The van der Waals surface area contributed by atoms with E-state index in [1.165, 1.54) is 0 Å². The molecule has 1 unspecified atom stereocenters. The van der Waals surface area contributed by atoms with Crippen LogP contribution in [0.15, 0.2) is 41.4 Å². The summed E-state index contributed by atoms with van der Waals surface area (Å²) in [4.78, 5) is 2.60. The Kier molecular flexibility index (Phi) is 8.01. The molecule has 2 aromatic rings. The minimum atomic E-state index is -3.57. The van der Waals surface area contributed by atoms with Gasteiger partial charge in [0.2, 0.25) is 10.0 Å². The van der Waals surface area contributed by atoms with Crippen molar-refractivity contribution in [2.24, 2.45) is 0 Å². The highest BCUT2D eigenvalue weighted by atomic mass is 32.2. The zero-order chi connectivity index (χ0) is 19.9. The van der Waals surface area contributed by atoms with E-state index in [9.17, 15) is 8.42 Å². The molecule has 1 heterocycles. The number of hydrogen-bond acceptors (Lipinski definition) is 4. The maximum absolute atomic E-state index is 12.8. The third kappa shape index (κ3) is 6.45. The SMILES string of the molecule is CCN(CC)CCCC(C)NS(=O)(=O)c1cn(Cc2ccccc2)nc1C. The van der Waals surface area contributed by atoms with Gasteiger partial charge in [0.25, 0.3) is 0 Å². The van der Waals surface area contributed by atoms with Gasteiger partial charge >= 0.3 is 0 Å². The zero-order valence-corrected chi connectivity index (χ0v) is 17.7. The first-order chi connectivity index (χ1) is 12.9. The van der Waals surface area contributed by atoms with Gasteiger partial charge in [-0.25, -0.2) is 13.1 Å². The monoisotopic (exact) mass is 392 g/mol. The van der Waals surface area contributed by atoms with Gasteiger partial charge in [-0.1, -0.05) is 44.2 Å². The molecule has 0 spiro atoms. The first-order valence-corrected chi connectivity index (χ1v) is 11.2. The molecular formula is C20H32N4O2S. The minimum Gasteiger partial charge on any atom is -0.304 e. The average Bonchev–Trinajstić information content (AvgIpc) is 3.00. The molecule has 1 N–H and O–H groups in total. The molecule has 1 atom stereocenters. The molecule has 0 amide bonds. The Labute approximate surface area is 163 Å². The summed E-state index contributed by atoms with van der Waals surface area (Å²) in [6.45, 7) is 11.5. The molecule has 0 aliphatic carbocycles. The third-order valence-electron chi connectivity index (χ3n) is 4.74. The van der Waals surface area contributed by atoms with E-state index in [2.05, 4.69) is 28.6 Å². The summed E-state index contributed by atoms with van der Waals surface area (Å²) < 4.78 is 30.0. The lowest BCUT2D eigenvalue weighted by Gasteiger charge is -2.19. The van der Waals surface area contributed by atoms with Gasteiger partial charge in [0.05, 0.1) is 12.2 Å². The summed E-state index contributed by atoms with van der Waals surface area (Å²) in [5, 5.41) is 4.38. The number of benzene rings is 1. The van der Waals surface area contributed by atoms with Gasteiger partial charge in [0.15, 0.2) is 0 Å². The van der Waals surface area contributed by atoms with E-state index in [0.29, 0.717) is 12.2 Å². The Morgan fingerprint density at radius 3 is 2.48 bits per heavy atom. The van der Waals surface area contributed by atoms with Crippen molar-refractivity contribution in [2.45, 2.75) is 58.0 Å². The van der Waals surface area contributed by atoms with Crippen molar-refractivity contribution in [3.63, 3.8) is 0 Å². The smallest absolute Gasteiger partial charge is 0.244 e. The lowest BCUT2D eigenvalue weighted by Crippen LogP contribution is -2.33. The van der Waals surface area contributed by atoms with E-state index < -0.39 is 10.0 Å². The molecule has 0 saturated carbocycles. The molecule has 1 aromatic heterocycles. The van der Waals surface area contributed by atoms with Crippen molar-refractivity contribution in [2.75, 3.05) is 19.6 Å². The lowest BCUT2D eigenvalue weighted by atomic mass is 10.2. The standard InChI is InChI=1S/C20H32N4O2S/c1-5-23(6-2)14-10-11-17(3)22-27(25,26)20-16-24(21-18(20)4)15-19-12-8-7-9-13-19/h7-9,12-13,16-17,22H,5-6,10-11,14-15H2,1-4H3. The van der Waals surface area contributed by atoms with Gasteiger partial charge in [-0.05, 0) is 51.9 Å². The molecule has 6 nitrogen and oxygen atoms in total. The van der Waals surface area contributed by atoms with Crippen LogP contribution < -0.4 is 4.72 Å². The lowest BCUT2D eigenvalue weighted by molar-refractivity contribution is 0.293. The molecule has 0 aliphatic heterocycles. The molecule has 0 saturated heterocycles. The highest BCUT2D eigenvalue weighted by molar-refractivity contribution is 7.89. The van der Waals surface area contributed by atoms with Crippen LogP contribution >= 0.6 is 0 Å². The number of nitrogens with zero attached hydrogens (tertiary/aromatic N) is 3. The topological polar surface area (TPSA) is 67.2 Å². The maximum Gasteiger partial charge on any atom is 0.244 e. The Hall–Kier alpha value is -1.70. The van der Waals surface area contributed by atoms with Crippen LogP contribution in [0.25, 0.3) is 0 Å². The quantitative estimate of drug-likeness (QED) is 0.638. The highest BCUT2D eigenvalue weighted by Gasteiger charge is 2.22. The van der Waals surface area contributed by atoms with Crippen molar-refractivity contribution < 1.29 is 8.42 Å². The molecule has 0 aliphatic rings. The van der Waals surface area contributed by atoms with Crippen LogP contribution in [0.3, 0.4) is 0 Å². The van der Waals surface area contributed by atoms with Gasteiger partial charge in [-0.15, -0.1) is 0 Å². The first-order valence-electron chi connectivity index (χ1n) is 9.68. The zero-order valence-electron chi connectivity index (χ0n) is 16.9. The molecule has 2 rings (SSSR count). The normalized spacial score (nSPS) is 13.2. The molecule has 0 radical (unpaired) electrons. The Balaban J connectivity index is 1.97. The second-order valence-corrected chi connectivity index (χ2v) is 8.64. The van der Waals surface area contributed by atoms with Crippen LogP contribution in [0.1, 0.15) is 44.9 Å². The summed E-state index contributed by atoms with van der Waals surface area (Å²) in [6, 6.07) is 9.78. The third-order valence-corrected chi connectivity index (χ3v) is 6.43. The van der Waals surface area contributed by atoms with Crippen LogP contribution in [0.5, 0.6) is 0 Å².